The Labute approximate surface area is 131 Å². The summed E-state index contributed by atoms with van der Waals surface area (Å²) < 4.78 is 0. The van der Waals surface area contributed by atoms with Gasteiger partial charge in [-0.3, -0.25) is 14.9 Å². The predicted molar refractivity (Wildman–Crippen MR) is 83.4 cm³/mol. The van der Waals surface area contributed by atoms with Crippen LogP contribution in [0, 0.1) is 10.1 Å². The summed E-state index contributed by atoms with van der Waals surface area (Å²) in [5, 5.41) is 23.3. The minimum absolute atomic E-state index is 0.0814. The Bertz CT molecular complexity index is 783. The highest BCUT2D eigenvalue weighted by Gasteiger charge is 2.34. The first kappa shape index (κ1) is 16.5. The number of hydrogen-bond donors (Lipinski definition) is 3. The first-order valence-corrected chi connectivity index (χ1v) is 7.10. The summed E-state index contributed by atoms with van der Waals surface area (Å²) in [7, 11) is 0. The molecule has 0 aliphatic heterocycles. The number of para-hydroxylation sites is 1. The van der Waals surface area contributed by atoms with Crippen LogP contribution in [0.5, 0.6) is 0 Å². The van der Waals surface area contributed by atoms with Gasteiger partial charge >= 0.3 is 5.97 Å². The van der Waals surface area contributed by atoms with E-state index in [1.165, 1.54) is 25.1 Å². The molecule has 1 unspecified atom stereocenters. The van der Waals surface area contributed by atoms with Gasteiger partial charge in [-0.05, 0) is 19.4 Å². The lowest BCUT2D eigenvalue weighted by Crippen LogP contribution is -2.52. The standard InChI is InChI=1S/C15H17N3O5/c1-3-7-15(2,14(20)21)17-13(19)10-8-9-5-4-6-11(18(22)23)12(9)16-10/h4-6,8,16H,3,7H2,1-2H3,(H,17,19)(H,20,21). The lowest BCUT2D eigenvalue weighted by atomic mass is 9.96. The van der Waals surface area contributed by atoms with Gasteiger partial charge in [-0.1, -0.05) is 25.5 Å². The highest BCUT2D eigenvalue weighted by Crippen LogP contribution is 2.25. The van der Waals surface area contributed by atoms with E-state index in [1.54, 1.807) is 6.07 Å². The molecule has 23 heavy (non-hydrogen) atoms. The summed E-state index contributed by atoms with van der Waals surface area (Å²) >= 11 is 0. The smallest absolute Gasteiger partial charge is 0.329 e. The van der Waals surface area contributed by atoms with Crippen molar-refractivity contribution in [2.24, 2.45) is 0 Å². The van der Waals surface area contributed by atoms with Crippen molar-refractivity contribution in [3.05, 3.63) is 40.1 Å². The molecule has 8 nitrogen and oxygen atoms in total. The molecule has 2 rings (SSSR count). The molecule has 0 radical (unpaired) electrons. The van der Waals surface area contributed by atoms with Crippen LogP contribution in [0.25, 0.3) is 10.9 Å². The van der Waals surface area contributed by atoms with Crippen molar-refractivity contribution in [3.8, 4) is 0 Å². The number of carboxylic acid groups (broad SMARTS) is 1. The number of hydrogen-bond acceptors (Lipinski definition) is 4. The fourth-order valence-corrected chi connectivity index (χ4v) is 2.46. The van der Waals surface area contributed by atoms with E-state index < -0.39 is 22.3 Å². The molecule has 1 aromatic carbocycles. The number of nitrogens with one attached hydrogen (secondary N) is 2. The van der Waals surface area contributed by atoms with Gasteiger partial charge in [0.05, 0.1) is 4.92 Å². The zero-order chi connectivity index (χ0) is 17.2. The third-order valence-electron chi connectivity index (χ3n) is 3.69. The van der Waals surface area contributed by atoms with Crippen LogP contribution < -0.4 is 5.32 Å². The largest absolute Gasteiger partial charge is 0.480 e. The van der Waals surface area contributed by atoms with E-state index in [2.05, 4.69) is 10.3 Å². The van der Waals surface area contributed by atoms with Crippen LogP contribution in [-0.4, -0.2) is 32.4 Å². The third-order valence-corrected chi connectivity index (χ3v) is 3.69. The Kier molecular flexibility index (Phi) is 4.35. The van der Waals surface area contributed by atoms with Crippen molar-refractivity contribution in [1.82, 2.24) is 10.3 Å². The molecule has 0 fully saturated rings. The molecule has 0 spiro atoms. The molecule has 1 atom stereocenters. The Morgan fingerprint density at radius 3 is 2.70 bits per heavy atom. The average molecular weight is 319 g/mol. The van der Waals surface area contributed by atoms with E-state index in [0.717, 1.165) is 0 Å². The highest BCUT2D eigenvalue weighted by molar-refractivity contribution is 6.02. The number of aromatic amines is 1. The summed E-state index contributed by atoms with van der Waals surface area (Å²) in [5.41, 5.74) is -1.22. The molecule has 2 aromatic rings. The number of nitrogens with zero attached hydrogens (tertiary/aromatic N) is 1. The van der Waals surface area contributed by atoms with Gasteiger partial charge in [-0.25, -0.2) is 4.79 Å². The second-order valence-electron chi connectivity index (χ2n) is 5.52. The SMILES string of the molecule is CCCC(C)(NC(=O)c1cc2cccc([N+](=O)[O-])c2[nH]1)C(=O)O. The summed E-state index contributed by atoms with van der Waals surface area (Å²) in [6.45, 7) is 3.25. The van der Waals surface area contributed by atoms with E-state index in [0.29, 0.717) is 11.8 Å². The number of aliphatic carboxylic acids is 1. The highest BCUT2D eigenvalue weighted by atomic mass is 16.6. The molecule has 0 saturated heterocycles. The van der Waals surface area contributed by atoms with Gasteiger partial charge in [0.15, 0.2) is 0 Å². The fourth-order valence-electron chi connectivity index (χ4n) is 2.46. The van der Waals surface area contributed by atoms with Crippen LogP contribution in [0.2, 0.25) is 0 Å². The van der Waals surface area contributed by atoms with E-state index in [4.69, 9.17) is 0 Å². The summed E-state index contributed by atoms with van der Waals surface area (Å²) in [5.74, 6) is -1.75. The quantitative estimate of drug-likeness (QED) is 0.557. The van der Waals surface area contributed by atoms with Crippen LogP contribution >= 0.6 is 0 Å². The summed E-state index contributed by atoms with van der Waals surface area (Å²) in [6, 6.07) is 5.96. The molecule has 0 aliphatic rings. The third kappa shape index (κ3) is 3.15. The minimum atomic E-state index is -1.39. The predicted octanol–water partition coefficient (Wildman–Crippen LogP) is 2.45. The minimum Gasteiger partial charge on any atom is -0.480 e. The Hall–Kier alpha value is -2.90. The summed E-state index contributed by atoms with van der Waals surface area (Å²) in [6.07, 6.45) is 0.857. The molecule has 122 valence electrons. The molecule has 1 aromatic heterocycles. The van der Waals surface area contributed by atoms with Crippen molar-refractivity contribution in [2.45, 2.75) is 32.2 Å². The van der Waals surface area contributed by atoms with E-state index in [-0.39, 0.29) is 23.3 Å². The van der Waals surface area contributed by atoms with E-state index >= 15 is 0 Å². The number of benzene rings is 1. The summed E-state index contributed by atoms with van der Waals surface area (Å²) in [4.78, 5) is 36.9. The van der Waals surface area contributed by atoms with Crippen LogP contribution in [0.4, 0.5) is 5.69 Å². The molecular weight excluding hydrogens is 302 g/mol. The number of H-pyrrole nitrogens is 1. The fraction of sp³-hybridized carbons (Fsp3) is 0.333. The van der Waals surface area contributed by atoms with Crippen molar-refractivity contribution in [1.29, 1.82) is 0 Å². The number of carbonyl (C=O) groups is 2. The van der Waals surface area contributed by atoms with E-state index in [9.17, 15) is 24.8 Å². The second kappa shape index (κ2) is 6.07. The maximum Gasteiger partial charge on any atom is 0.329 e. The molecule has 3 N–H and O–H groups in total. The Morgan fingerprint density at radius 2 is 2.13 bits per heavy atom. The van der Waals surface area contributed by atoms with Gasteiger partial charge in [0.2, 0.25) is 0 Å². The maximum atomic E-state index is 12.3. The first-order valence-electron chi connectivity index (χ1n) is 7.10. The zero-order valence-electron chi connectivity index (χ0n) is 12.8. The molecule has 0 bridgehead atoms. The number of non-ortho nitro benzene ring substituents is 1. The number of nitro groups is 1. The van der Waals surface area contributed by atoms with Crippen molar-refractivity contribution in [2.75, 3.05) is 0 Å². The Balaban J connectivity index is 2.37. The van der Waals surface area contributed by atoms with Gasteiger partial charge in [0.1, 0.15) is 16.7 Å². The van der Waals surface area contributed by atoms with Gasteiger partial charge < -0.3 is 15.4 Å². The molecule has 1 amide bonds. The number of aromatic nitrogens is 1. The van der Waals surface area contributed by atoms with Gasteiger partial charge in [0.25, 0.3) is 11.6 Å². The molecule has 1 heterocycles. The molecular formula is C15H17N3O5. The van der Waals surface area contributed by atoms with Crippen molar-refractivity contribution < 1.29 is 19.6 Å². The Morgan fingerprint density at radius 1 is 1.43 bits per heavy atom. The number of carbonyl (C=O) groups excluding carboxylic acids is 1. The molecule has 0 aliphatic carbocycles. The topological polar surface area (TPSA) is 125 Å². The number of amides is 1. The monoisotopic (exact) mass is 319 g/mol. The number of fused-ring (bicyclic) bond motifs is 1. The van der Waals surface area contributed by atoms with Crippen LogP contribution in [0.3, 0.4) is 0 Å². The molecule has 8 heteroatoms. The van der Waals surface area contributed by atoms with Gasteiger partial charge in [0, 0.05) is 11.5 Å². The van der Waals surface area contributed by atoms with Crippen molar-refractivity contribution >= 4 is 28.5 Å². The lowest BCUT2D eigenvalue weighted by molar-refractivity contribution is -0.383. The van der Waals surface area contributed by atoms with Gasteiger partial charge in [-0.15, -0.1) is 0 Å². The van der Waals surface area contributed by atoms with Crippen LogP contribution in [0.1, 0.15) is 37.2 Å². The normalized spacial score (nSPS) is 13.5. The number of carboxylic acids is 1. The first-order chi connectivity index (χ1) is 10.8. The van der Waals surface area contributed by atoms with Crippen LogP contribution in [0.15, 0.2) is 24.3 Å². The molecule has 0 saturated carbocycles. The second-order valence-corrected chi connectivity index (χ2v) is 5.52. The zero-order valence-corrected chi connectivity index (χ0v) is 12.8. The maximum absolute atomic E-state index is 12.3. The van der Waals surface area contributed by atoms with Crippen molar-refractivity contribution in [3.63, 3.8) is 0 Å². The lowest BCUT2D eigenvalue weighted by Gasteiger charge is -2.25. The van der Waals surface area contributed by atoms with Gasteiger partial charge in [-0.2, -0.15) is 0 Å². The number of nitro benzene ring substituents is 1. The average Bonchev–Trinajstić information content (AvgIpc) is 2.90. The van der Waals surface area contributed by atoms with E-state index in [1.807, 2.05) is 6.92 Å². The van der Waals surface area contributed by atoms with Crippen LogP contribution in [-0.2, 0) is 4.79 Å². The number of rotatable bonds is 6.